The van der Waals surface area contributed by atoms with E-state index < -0.39 is 0 Å². The number of aryl methyl sites for hydroxylation is 2. The summed E-state index contributed by atoms with van der Waals surface area (Å²) in [5, 5.41) is 3.33. The topological polar surface area (TPSA) is 34.1 Å². The monoisotopic (exact) mass is 256 g/mol. The average Bonchev–Trinajstić information content (AvgIpc) is 2.42. The maximum Gasteiger partial charge on any atom is 0.118 e. The largest absolute Gasteiger partial charge is 0.497 e. The van der Waals surface area contributed by atoms with E-state index in [4.69, 9.17) is 4.74 Å². The summed E-state index contributed by atoms with van der Waals surface area (Å²) in [6.07, 6.45) is 1.91. The zero-order valence-electron chi connectivity index (χ0n) is 11.9. The molecule has 2 rings (SSSR count). The first-order valence-corrected chi connectivity index (χ1v) is 6.40. The van der Waals surface area contributed by atoms with E-state index in [9.17, 15) is 0 Å². The summed E-state index contributed by atoms with van der Waals surface area (Å²) in [4.78, 5) is 4.57. The minimum absolute atomic E-state index is 0.103. The van der Waals surface area contributed by atoms with Gasteiger partial charge in [-0.15, -0.1) is 0 Å². The summed E-state index contributed by atoms with van der Waals surface area (Å²) in [6.45, 7) is 4.16. The number of ether oxygens (including phenoxy) is 1. The molecule has 1 atom stereocenters. The number of pyridine rings is 1. The minimum Gasteiger partial charge on any atom is -0.497 e. The molecule has 19 heavy (non-hydrogen) atoms. The van der Waals surface area contributed by atoms with Crippen molar-refractivity contribution in [1.29, 1.82) is 0 Å². The van der Waals surface area contributed by atoms with Gasteiger partial charge in [-0.25, -0.2) is 0 Å². The Hall–Kier alpha value is -1.87. The number of benzene rings is 1. The van der Waals surface area contributed by atoms with Crippen molar-refractivity contribution < 1.29 is 4.74 Å². The summed E-state index contributed by atoms with van der Waals surface area (Å²) in [6, 6.07) is 10.4. The normalized spacial score (nSPS) is 12.2. The molecule has 100 valence electrons. The molecule has 0 aliphatic rings. The van der Waals surface area contributed by atoms with Gasteiger partial charge >= 0.3 is 0 Å². The lowest BCUT2D eigenvalue weighted by Gasteiger charge is -2.18. The van der Waals surface area contributed by atoms with Crippen LogP contribution in [-0.2, 0) is 0 Å². The van der Waals surface area contributed by atoms with Crippen LogP contribution in [0.1, 0.15) is 28.4 Å². The first kappa shape index (κ1) is 13.6. The quantitative estimate of drug-likeness (QED) is 0.913. The van der Waals surface area contributed by atoms with Crippen molar-refractivity contribution in [2.75, 3.05) is 14.2 Å². The van der Waals surface area contributed by atoms with Crippen LogP contribution < -0.4 is 10.1 Å². The molecule has 1 aromatic carbocycles. The molecule has 0 saturated heterocycles. The first-order chi connectivity index (χ1) is 9.15. The highest BCUT2D eigenvalue weighted by atomic mass is 16.5. The lowest BCUT2D eigenvalue weighted by atomic mass is 9.99. The molecule has 1 unspecified atom stereocenters. The molecule has 0 aliphatic heterocycles. The zero-order valence-corrected chi connectivity index (χ0v) is 11.9. The second-order valence-electron chi connectivity index (χ2n) is 4.71. The van der Waals surface area contributed by atoms with E-state index in [1.165, 1.54) is 16.7 Å². The van der Waals surface area contributed by atoms with Crippen molar-refractivity contribution in [3.63, 3.8) is 0 Å². The van der Waals surface area contributed by atoms with Gasteiger partial charge in [-0.1, -0.05) is 18.2 Å². The number of aromatic nitrogens is 1. The molecule has 0 spiro atoms. The minimum atomic E-state index is 0.103. The zero-order chi connectivity index (χ0) is 13.8. The lowest BCUT2D eigenvalue weighted by Crippen LogP contribution is -2.20. The van der Waals surface area contributed by atoms with Crippen LogP contribution in [0.3, 0.4) is 0 Å². The Kier molecular flexibility index (Phi) is 4.17. The summed E-state index contributed by atoms with van der Waals surface area (Å²) < 4.78 is 5.19. The standard InChI is InChI=1S/C16H20N2O/c1-11-9-12(2)15(18-10-11)16(17-3)13-5-7-14(19-4)8-6-13/h5-10,16-17H,1-4H3. The maximum atomic E-state index is 5.19. The fourth-order valence-electron chi connectivity index (χ4n) is 2.29. The lowest BCUT2D eigenvalue weighted by molar-refractivity contribution is 0.414. The van der Waals surface area contributed by atoms with E-state index in [1.54, 1.807) is 7.11 Å². The van der Waals surface area contributed by atoms with Crippen molar-refractivity contribution in [3.8, 4) is 5.75 Å². The van der Waals surface area contributed by atoms with Gasteiger partial charge in [0, 0.05) is 6.20 Å². The molecule has 2 aromatic rings. The Morgan fingerprint density at radius 1 is 1.16 bits per heavy atom. The Morgan fingerprint density at radius 2 is 1.84 bits per heavy atom. The van der Waals surface area contributed by atoms with Crippen LogP contribution in [-0.4, -0.2) is 19.1 Å². The Labute approximate surface area is 114 Å². The van der Waals surface area contributed by atoms with Gasteiger partial charge in [-0.2, -0.15) is 0 Å². The highest BCUT2D eigenvalue weighted by Crippen LogP contribution is 2.24. The number of nitrogens with zero attached hydrogens (tertiary/aromatic N) is 1. The second kappa shape index (κ2) is 5.85. The molecule has 0 fully saturated rings. The molecule has 0 amide bonds. The fourth-order valence-corrected chi connectivity index (χ4v) is 2.29. The van der Waals surface area contributed by atoms with E-state index in [0.717, 1.165) is 11.4 Å². The molecule has 1 aromatic heterocycles. The van der Waals surface area contributed by atoms with Crippen LogP contribution in [0.15, 0.2) is 36.5 Å². The smallest absolute Gasteiger partial charge is 0.118 e. The van der Waals surface area contributed by atoms with Crippen molar-refractivity contribution in [2.45, 2.75) is 19.9 Å². The number of hydrogen-bond donors (Lipinski definition) is 1. The van der Waals surface area contributed by atoms with Gasteiger partial charge in [0.1, 0.15) is 5.75 Å². The molecule has 1 N–H and O–H groups in total. The number of hydrogen-bond acceptors (Lipinski definition) is 3. The fraction of sp³-hybridized carbons (Fsp3) is 0.312. The van der Waals surface area contributed by atoms with Crippen LogP contribution in [0.4, 0.5) is 0 Å². The molecule has 3 nitrogen and oxygen atoms in total. The molecular weight excluding hydrogens is 236 g/mol. The molecule has 0 bridgehead atoms. The molecular formula is C16H20N2O. The third-order valence-corrected chi connectivity index (χ3v) is 3.27. The van der Waals surface area contributed by atoms with Crippen LogP contribution in [0, 0.1) is 13.8 Å². The van der Waals surface area contributed by atoms with Gasteiger partial charge in [0.15, 0.2) is 0 Å². The summed E-state index contributed by atoms with van der Waals surface area (Å²) in [7, 11) is 3.63. The van der Waals surface area contributed by atoms with Crippen molar-refractivity contribution in [2.24, 2.45) is 0 Å². The van der Waals surface area contributed by atoms with Gasteiger partial charge in [0.05, 0.1) is 18.8 Å². The van der Waals surface area contributed by atoms with Crippen molar-refractivity contribution in [1.82, 2.24) is 10.3 Å². The molecule has 0 aliphatic carbocycles. The molecule has 3 heteroatoms. The van der Waals surface area contributed by atoms with Gasteiger partial charge in [0.2, 0.25) is 0 Å². The van der Waals surface area contributed by atoms with Crippen molar-refractivity contribution >= 4 is 0 Å². The first-order valence-electron chi connectivity index (χ1n) is 6.40. The Bertz CT molecular complexity index is 549. The van der Waals surface area contributed by atoms with Gasteiger partial charge < -0.3 is 10.1 Å². The van der Waals surface area contributed by atoms with Crippen LogP contribution in [0.5, 0.6) is 5.75 Å². The van der Waals surface area contributed by atoms with Crippen molar-refractivity contribution in [3.05, 3.63) is 58.9 Å². The van der Waals surface area contributed by atoms with Crippen LogP contribution in [0.2, 0.25) is 0 Å². The number of rotatable bonds is 4. The third kappa shape index (κ3) is 2.93. The summed E-state index contributed by atoms with van der Waals surface area (Å²) in [5.74, 6) is 0.868. The van der Waals surface area contributed by atoms with Gasteiger partial charge in [-0.05, 0) is 49.7 Å². The highest BCUT2D eigenvalue weighted by molar-refractivity contribution is 5.36. The predicted octanol–water partition coefficient (Wildman–Crippen LogP) is 3.02. The SMILES string of the molecule is CNC(c1ccc(OC)cc1)c1ncc(C)cc1C. The summed E-state index contributed by atoms with van der Waals surface area (Å²) in [5.41, 5.74) is 4.64. The highest BCUT2D eigenvalue weighted by Gasteiger charge is 2.15. The van der Waals surface area contributed by atoms with Crippen LogP contribution >= 0.6 is 0 Å². The summed E-state index contributed by atoms with van der Waals surface area (Å²) >= 11 is 0. The van der Waals surface area contributed by atoms with E-state index in [0.29, 0.717) is 0 Å². The van der Waals surface area contributed by atoms with E-state index in [2.05, 4.69) is 42.3 Å². The third-order valence-electron chi connectivity index (χ3n) is 3.27. The molecule has 0 saturated carbocycles. The maximum absolute atomic E-state index is 5.19. The van der Waals surface area contributed by atoms with E-state index in [1.807, 2.05) is 25.4 Å². The van der Waals surface area contributed by atoms with E-state index in [-0.39, 0.29) is 6.04 Å². The Balaban J connectivity index is 2.37. The second-order valence-corrected chi connectivity index (χ2v) is 4.71. The molecule has 1 heterocycles. The number of nitrogens with one attached hydrogen (secondary N) is 1. The Morgan fingerprint density at radius 3 is 2.37 bits per heavy atom. The average molecular weight is 256 g/mol. The van der Waals surface area contributed by atoms with E-state index >= 15 is 0 Å². The molecule has 0 radical (unpaired) electrons. The predicted molar refractivity (Wildman–Crippen MR) is 77.6 cm³/mol. The van der Waals surface area contributed by atoms with Crippen LogP contribution in [0.25, 0.3) is 0 Å². The van der Waals surface area contributed by atoms with Gasteiger partial charge in [-0.3, -0.25) is 4.98 Å². The number of methoxy groups -OCH3 is 1. The van der Waals surface area contributed by atoms with Gasteiger partial charge in [0.25, 0.3) is 0 Å².